The predicted octanol–water partition coefficient (Wildman–Crippen LogP) is 8.96. The fourth-order valence-corrected chi connectivity index (χ4v) is 5.00. The molecule has 0 radical (unpaired) electrons. The monoisotopic (exact) mass is 702 g/mol. The first-order chi connectivity index (χ1) is 12.7. The molecule has 0 heterocycles. The summed E-state index contributed by atoms with van der Waals surface area (Å²) in [6, 6.07) is 0. The van der Waals surface area contributed by atoms with E-state index in [2.05, 4.69) is 11.8 Å². The molecular formula is C18H6Cl6I2O. The minimum Gasteiger partial charge on any atom is -0.453 e. The van der Waals surface area contributed by atoms with Gasteiger partial charge in [-0.2, -0.15) is 0 Å². The number of hydrogen-bond donors (Lipinski definition) is 0. The maximum absolute atomic E-state index is 6.47. The lowest BCUT2D eigenvalue weighted by molar-refractivity contribution is 0.473. The van der Waals surface area contributed by atoms with E-state index in [1.165, 1.54) is 0 Å². The minimum absolute atomic E-state index is 0.144. The van der Waals surface area contributed by atoms with Crippen molar-refractivity contribution in [3.05, 3.63) is 48.4 Å². The molecule has 0 aliphatic heterocycles. The lowest BCUT2D eigenvalue weighted by atomic mass is 10.1. The molecule has 0 saturated heterocycles. The van der Waals surface area contributed by atoms with E-state index in [1.54, 1.807) is 0 Å². The van der Waals surface area contributed by atoms with E-state index in [9.17, 15) is 0 Å². The van der Waals surface area contributed by atoms with Crippen molar-refractivity contribution in [2.75, 3.05) is 0 Å². The van der Waals surface area contributed by atoms with Crippen LogP contribution < -0.4 is 4.74 Å². The molecule has 0 N–H and O–H groups in total. The fourth-order valence-electron chi connectivity index (χ4n) is 2.15. The third-order valence-electron chi connectivity index (χ3n) is 3.39. The van der Waals surface area contributed by atoms with Crippen molar-refractivity contribution in [1.29, 1.82) is 0 Å². The van der Waals surface area contributed by atoms with Gasteiger partial charge in [0.2, 0.25) is 0 Å². The zero-order valence-electron chi connectivity index (χ0n) is 13.0. The van der Waals surface area contributed by atoms with Gasteiger partial charge in [-0.3, -0.25) is 0 Å². The molecule has 0 aliphatic rings. The maximum Gasteiger partial charge on any atom is 0.152 e. The van der Waals surface area contributed by atoms with Gasteiger partial charge in [0.15, 0.2) is 11.5 Å². The fraction of sp³-hybridized carbons (Fsp3) is 0.111. The smallest absolute Gasteiger partial charge is 0.152 e. The number of halogens is 8. The molecule has 0 atom stereocenters. The van der Waals surface area contributed by atoms with Crippen LogP contribution in [0.1, 0.15) is 11.1 Å². The average Bonchev–Trinajstić information content (AvgIpc) is 2.65. The van der Waals surface area contributed by atoms with Crippen LogP contribution in [0, 0.1) is 31.8 Å². The first-order valence-electron chi connectivity index (χ1n) is 6.91. The second-order valence-corrected chi connectivity index (χ2v) is 9.42. The highest BCUT2D eigenvalue weighted by atomic mass is 127. The van der Waals surface area contributed by atoms with Crippen molar-refractivity contribution < 1.29 is 4.74 Å². The van der Waals surface area contributed by atoms with Crippen LogP contribution in [0.5, 0.6) is 11.5 Å². The van der Waals surface area contributed by atoms with Crippen LogP contribution in [0.4, 0.5) is 0 Å². The summed E-state index contributed by atoms with van der Waals surface area (Å²) in [6.45, 7) is 0. The summed E-state index contributed by atoms with van der Waals surface area (Å²) in [5, 5.41) is 1.58. The van der Waals surface area contributed by atoms with Crippen LogP contribution in [0.15, 0.2) is 0 Å². The van der Waals surface area contributed by atoms with Gasteiger partial charge in [0.05, 0.1) is 37.3 Å². The normalized spacial score (nSPS) is 10.4. The first-order valence-corrected chi connectivity index (χ1v) is 11.3. The Bertz CT molecular complexity index is 939. The first kappa shape index (κ1) is 23.8. The zero-order valence-corrected chi connectivity index (χ0v) is 21.9. The van der Waals surface area contributed by atoms with Gasteiger partial charge in [-0.15, -0.1) is 24.7 Å². The molecule has 0 fully saturated rings. The number of benzene rings is 2. The molecule has 140 valence electrons. The van der Waals surface area contributed by atoms with Crippen molar-refractivity contribution in [3.8, 4) is 36.2 Å². The van der Waals surface area contributed by atoms with E-state index in [0.717, 1.165) is 0 Å². The van der Waals surface area contributed by atoms with E-state index in [0.29, 0.717) is 28.3 Å². The molecular weight excluding hydrogens is 699 g/mol. The van der Waals surface area contributed by atoms with Gasteiger partial charge < -0.3 is 4.74 Å². The zero-order chi connectivity index (χ0) is 20.5. The summed E-state index contributed by atoms with van der Waals surface area (Å²) in [5.74, 6) is 5.50. The Morgan fingerprint density at radius 3 is 1.26 bits per heavy atom. The second kappa shape index (κ2) is 10.0. The second-order valence-electron chi connectivity index (χ2n) is 4.99. The van der Waals surface area contributed by atoms with Gasteiger partial charge >= 0.3 is 0 Å². The Morgan fingerprint density at radius 2 is 0.963 bits per heavy atom. The molecule has 0 spiro atoms. The lowest BCUT2D eigenvalue weighted by Gasteiger charge is -2.20. The average molecular weight is 705 g/mol. The Morgan fingerprint density at radius 1 is 0.630 bits per heavy atom. The summed E-state index contributed by atoms with van der Waals surface area (Å²) < 4.78 is 7.12. The third kappa shape index (κ3) is 4.67. The van der Waals surface area contributed by atoms with Crippen LogP contribution in [-0.2, 0) is 12.8 Å². The van der Waals surface area contributed by atoms with Gasteiger partial charge in [0.1, 0.15) is 0 Å². The molecule has 2 rings (SSSR count). The number of rotatable bonds is 4. The molecule has 0 unspecified atom stereocenters. The van der Waals surface area contributed by atoms with E-state index in [4.69, 9.17) is 87.2 Å². The standard InChI is InChI=1S/C18H6Cl6I2O/c1-3-5-7-9(19)11(21)15(25)13(23)17(7)27-18-8(6-4-2)10(20)12(22)16(26)14(18)24/h1-2H,5-6H2. The van der Waals surface area contributed by atoms with Crippen molar-refractivity contribution in [1.82, 2.24) is 0 Å². The van der Waals surface area contributed by atoms with Crippen LogP contribution in [-0.4, -0.2) is 0 Å². The molecule has 27 heavy (non-hydrogen) atoms. The topological polar surface area (TPSA) is 9.23 Å². The van der Waals surface area contributed by atoms with Gasteiger partial charge in [-0.05, 0) is 45.2 Å². The summed E-state index contributed by atoms with van der Waals surface area (Å²) in [5.41, 5.74) is 0.914. The highest BCUT2D eigenvalue weighted by Gasteiger charge is 2.26. The van der Waals surface area contributed by atoms with Gasteiger partial charge in [-0.1, -0.05) is 69.6 Å². The summed E-state index contributed by atoms with van der Waals surface area (Å²) >= 11 is 42.1. The SMILES string of the molecule is C#CCc1c(Cl)c(Cl)c(I)c(Cl)c1Oc1c(Cl)c(I)c(Cl)c(Cl)c1CC#C. The van der Waals surface area contributed by atoms with Crippen LogP contribution >= 0.6 is 115 Å². The summed E-state index contributed by atoms with van der Waals surface area (Å²) in [7, 11) is 0. The maximum atomic E-state index is 6.47. The molecule has 0 bridgehead atoms. The Labute approximate surface area is 214 Å². The number of terminal acetylenes is 2. The molecule has 1 nitrogen and oxygen atoms in total. The van der Waals surface area contributed by atoms with Gasteiger partial charge in [-0.25, -0.2) is 0 Å². The number of ether oxygens (including phenoxy) is 1. The van der Waals surface area contributed by atoms with Crippen molar-refractivity contribution >= 4 is 115 Å². The Kier molecular flexibility index (Phi) is 8.87. The molecule has 0 saturated carbocycles. The van der Waals surface area contributed by atoms with Gasteiger partial charge in [0.25, 0.3) is 0 Å². The Hall–Kier alpha value is 0.560. The number of hydrogen-bond acceptors (Lipinski definition) is 1. The largest absolute Gasteiger partial charge is 0.453 e. The van der Waals surface area contributed by atoms with Crippen LogP contribution in [0.25, 0.3) is 0 Å². The highest BCUT2D eigenvalue weighted by Crippen LogP contribution is 2.50. The van der Waals surface area contributed by atoms with Crippen LogP contribution in [0.3, 0.4) is 0 Å². The minimum atomic E-state index is 0.144. The van der Waals surface area contributed by atoms with Crippen molar-refractivity contribution in [3.63, 3.8) is 0 Å². The van der Waals surface area contributed by atoms with Crippen LogP contribution in [0.2, 0.25) is 30.1 Å². The molecule has 2 aromatic carbocycles. The van der Waals surface area contributed by atoms with Crippen molar-refractivity contribution in [2.24, 2.45) is 0 Å². The molecule has 2 aromatic rings. The molecule has 0 aromatic heterocycles. The quantitative estimate of drug-likeness (QED) is 0.134. The Balaban J connectivity index is 2.83. The van der Waals surface area contributed by atoms with E-state index in [-0.39, 0.29) is 44.4 Å². The van der Waals surface area contributed by atoms with Gasteiger partial charge in [0, 0.05) is 24.0 Å². The lowest BCUT2D eigenvalue weighted by Crippen LogP contribution is -2.01. The molecule has 0 aliphatic carbocycles. The van der Waals surface area contributed by atoms with E-state index < -0.39 is 0 Å². The summed E-state index contributed by atoms with van der Waals surface area (Å²) in [4.78, 5) is 0. The molecule has 9 heteroatoms. The van der Waals surface area contributed by atoms with E-state index >= 15 is 0 Å². The van der Waals surface area contributed by atoms with Crippen molar-refractivity contribution in [2.45, 2.75) is 12.8 Å². The third-order valence-corrected chi connectivity index (χ3v) is 9.33. The van der Waals surface area contributed by atoms with E-state index in [1.807, 2.05) is 45.2 Å². The highest BCUT2D eigenvalue weighted by molar-refractivity contribution is 14.1. The summed E-state index contributed by atoms with van der Waals surface area (Å²) in [6.07, 6.45) is 11.2. The predicted molar refractivity (Wildman–Crippen MR) is 134 cm³/mol. The molecule has 0 amide bonds.